The third-order valence-corrected chi connectivity index (χ3v) is 6.58. The zero-order valence-electron chi connectivity index (χ0n) is 16.2. The lowest BCUT2D eigenvalue weighted by molar-refractivity contribution is -0.134. The van der Waals surface area contributed by atoms with Crippen LogP contribution in [0.25, 0.3) is 0 Å². The molecule has 0 saturated carbocycles. The van der Waals surface area contributed by atoms with E-state index in [1.54, 1.807) is 6.07 Å². The lowest BCUT2D eigenvalue weighted by Crippen LogP contribution is -2.33. The number of aliphatic hydroxyl groups is 1. The second-order valence-corrected chi connectivity index (χ2v) is 8.85. The molecular formula is C19H19F2N5O4S. The number of fused-ring (bicyclic) bond motifs is 1. The number of rotatable bonds is 7. The Labute approximate surface area is 176 Å². The van der Waals surface area contributed by atoms with Gasteiger partial charge in [-0.25, -0.2) is 8.78 Å². The second kappa shape index (κ2) is 8.19. The van der Waals surface area contributed by atoms with Crippen molar-refractivity contribution in [1.29, 1.82) is 0 Å². The predicted octanol–water partition coefficient (Wildman–Crippen LogP) is 1.04. The number of benzene rings is 1. The van der Waals surface area contributed by atoms with Crippen LogP contribution < -0.4 is 0 Å². The molecule has 1 aromatic carbocycles. The van der Waals surface area contributed by atoms with Crippen LogP contribution >= 0.6 is 0 Å². The minimum atomic E-state index is -4.01. The molecule has 3 heterocycles. The molecule has 0 spiro atoms. The third-order valence-electron chi connectivity index (χ3n) is 5.10. The topological polar surface area (TPSA) is 110 Å². The van der Waals surface area contributed by atoms with Crippen LogP contribution in [-0.2, 0) is 34.5 Å². The summed E-state index contributed by atoms with van der Waals surface area (Å²) in [6.45, 7) is -1.19. The Hall–Kier alpha value is -3.12. The maximum atomic E-state index is 14.1. The minimum absolute atomic E-state index is 0.0305. The molecule has 0 bridgehead atoms. The van der Waals surface area contributed by atoms with E-state index in [9.17, 15) is 27.1 Å². The number of alkyl halides is 1. The fourth-order valence-electron chi connectivity index (χ4n) is 3.49. The summed E-state index contributed by atoms with van der Waals surface area (Å²) in [6.07, 6.45) is 3.65. The van der Waals surface area contributed by atoms with Crippen molar-refractivity contribution in [2.75, 3.05) is 13.3 Å². The molecule has 0 saturated heterocycles. The van der Waals surface area contributed by atoms with Crippen LogP contribution in [-0.4, -0.2) is 56.6 Å². The summed E-state index contributed by atoms with van der Waals surface area (Å²) < 4.78 is 54.0. The molecule has 31 heavy (non-hydrogen) atoms. The third kappa shape index (κ3) is 3.83. The molecule has 164 valence electrons. The van der Waals surface area contributed by atoms with Crippen LogP contribution in [0.4, 0.5) is 8.78 Å². The molecule has 1 amide bonds. The van der Waals surface area contributed by atoms with E-state index in [-0.39, 0.29) is 30.1 Å². The molecular weight excluding hydrogens is 432 g/mol. The Kier molecular flexibility index (Phi) is 5.58. The first-order valence-electron chi connectivity index (χ1n) is 9.40. The first-order chi connectivity index (χ1) is 14.8. The summed E-state index contributed by atoms with van der Waals surface area (Å²) in [7, 11) is -4.01. The number of carbonyl (C=O) groups excluding carboxylic acids is 1. The van der Waals surface area contributed by atoms with Gasteiger partial charge in [0.15, 0.2) is 0 Å². The van der Waals surface area contributed by atoms with E-state index >= 15 is 0 Å². The van der Waals surface area contributed by atoms with E-state index in [2.05, 4.69) is 10.2 Å². The van der Waals surface area contributed by atoms with Gasteiger partial charge in [0.05, 0.1) is 37.5 Å². The number of nitrogens with zero attached hydrogens (tertiary/aromatic N) is 5. The van der Waals surface area contributed by atoms with Gasteiger partial charge in [0.1, 0.15) is 17.4 Å². The largest absolute Gasteiger partial charge is 0.395 e. The molecule has 0 aliphatic carbocycles. The van der Waals surface area contributed by atoms with Crippen molar-refractivity contribution >= 4 is 15.9 Å². The van der Waals surface area contributed by atoms with Crippen molar-refractivity contribution in [2.24, 2.45) is 0 Å². The van der Waals surface area contributed by atoms with Gasteiger partial charge in [0.2, 0.25) is 5.91 Å². The zero-order chi connectivity index (χ0) is 22.2. The Balaban J connectivity index is 1.52. The van der Waals surface area contributed by atoms with Gasteiger partial charge in [0, 0.05) is 30.1 Å². The molecule has 9 nitrogen and oxygen atoms in total. The highest BCUT2D eigenvalue weighted by Crippen LogP contribution is 2.28. The van der Waals surface area contributed by atoms with Crippen molar-refractivity contribution in [1.82, 2.24) is 23.9 Å². The van der Waals surface area contributed by atoms with Crippen LogP contribution in [0.3, 0.4) is 0 Å². The van der Waals surface area contributed by atoms with Crippen molar-refractivity contribution in [3.05, 3.63) is 65.5 Å². The average Bonchev–Trinajstić information content (AvgIpc) is 3.45. The summed E-state index contributed by atoms with van der Waals surface area (Å²) >= 11 is 0. The van der Waals surface area contributed by atoms with Gasteiger partial charge in [-0.1, -0.05) is 18.2 Å². The van der Waals surface area contributed by atoms with E-state index in [0.29, 0.717) is 11.3 Å². The fraction of sp³-hybridized carbons (Fsp3) is 0.316. The molecule has 1 aliphatic heterocycles. The number of hydrogen-bond acceptors (Lipinski definition) is 6. The van der Waals surface area contributed by atoms with E-state index in [0.717, 1.165) is 10.3 Å². The van der Waals surface area contributed by atoms with Crippen LogP contribution in [0.2, 0.25) is 0 Å². The normalized spacial score (nSPS) is 14.6. The zero-order valence-corrected chi connectivity index (χ0v) is 17.0. The molecule has 1 atom stereocenters. The Morgan fingerprint density at radius 2 is 2.00 bits per heavy atom. The Morgan fingerprint density at radius 3 is 2.68 bits per heavy atom. The highest BCUT2D eigenvalue weighted by molar-refractivity contribution is 7.89. The first-order valence-corrected chi connectivity index (χ1v) is 10.8. The van der Waals surface area contributed by atoms with Crippen LogP contribution in [0.1, 0.15) is 22.7 Å². The van der Waals surface area contributed by atoms with E-state index in [1.165, 1.54) is 40.2 Å². The molecule has 1 N–H and O–H groups in total. The van der Waals surface area contributed by atoms with E-state index < -0.39 is 40.9 Å². The summed E-state index contributed by atoms with van der Waals surface area (Å²) in [5, 5.41) is 17.6. The minimum Gasteiger partial charge on any atom is -0.395 e. The van der Waals surface area contributed by atoms with Crippen LogP contribution in [0, 0.1) is 5.82 Å². The number of aromatic nitrogens is 4. The van der Waals surface area contributed by atoms with Gasteiger partial charge >= 0.3 is 0 Å². The summed E-state index contributed by atoms with van der Waals surface area (Å²) in [5.41, 5.74) is 1.01. The molecule has 2 aromatic heterocycles. The van der Waals surface area contributed by atoms with Gasteiger partial charge in [-0.05, 0) is 6.07 Å². The second-order valence-electron chi connectivity index (χ2n) is 7.06. The van der Waals surface area contributed by atoms with Crippen LogP contribution in [0.15, 0.2) is 47.8 Å². The van der Waals surface area contributed by atoms with Gasteiger partial charge < -0.3 is 10.0 Å². The molecule has 12 heteroatoms. The van der Waals surface area contributed by atoms with Crippen molar-refractivity contribution < 1.29 is 27.1 Å². The first kappa shape index (κ1) is 21.1. The van der Waals surface area contributed by atoms with E-state index in [1.807, 2.05) is 0 Å². The SMILES string of the molecule is O=C([C@@H](CO)c1ccccc1F)N1Cc2cn(S(=O)(=O)c3cnn(CCF)c3)nc2C1. The monoisotopic (exact) mass is 451 g/mol. The number of aryl methyl sites for hydroxylation is 1. The Morgan fingerprint density at radius 1 is 1.23 bits per heavy atom. The van der Waals surface area contributed by atoms with Crippen molar-refractivity contribution in [3.8, 4) is 0 Å². The number of carbonyl (C=O) groups is 1. The predicted molar refractivity (Wildman–Crippen MR) is 103 cm³/mol. The maximum absolute atomic E-state index is 14.1. The van der Waals surface area contributed by atoms with Gasteiger partial charge in [-0.15, -0.1) is 0 Å². The van der Waals surface area contributed by atoms with Crippen molar-refractivity contribution in [2.45, 2.75) is 30.4 Å². The molecule has 0 unspecified atom stereocenters. The molecule has 1 aliphatic rings. The smallest absolute Gasteiger partial charge is 0.286 e. The van der Waals surface area contributed by atoms with Gasteiger partial charge in [-0.3, -0.25) is 9.48 Å². The lowest BCUT2D eigenvalue weighted by Gasteiger charge is -2.22. The van der Waals surface area contributed by atoms with Crippen LogP contribution in [0.5, 0.6) is 0 Å². The summed E-state index contributed by atoms with van der Waals surface area (Å²) in [5.74, 6) is -2.13. The highest BCUT2D eigenvalue weighted by atomic mass is 32.2. The van der Waals surface area contributed by atoms with Crippen molar-refractivity contribution in [3.63, 3.8) is 0 Å². The highest BCUT2D eigenvalue weighted by Gasteiger charge is 2.34. The molecule has 4 rings (SSSR count). The van der Waals surface area contributed by atoms with Gasteiger partial charge in [0.25, 0.3) is 10.0 Å². The standard InChI is InChI=1S/C19H19F2N5O4S/c20-5-6-25-10-14(7-22-25)31(29,30)26-9-13-8-24(11-18(13)23-26)19(28)16(12-27)15-3-1-2-4-17(15)21/h1-4,7,9-10,16,27H,5-6,8,11-12H2/t16-/m0/s1. The van der Waals surface area contributed by atoms with E-state index in [4.69, 9.17) is 0 Å². The maximum Gasteiger partial charge on any atom is 0.286 e. The number of aliphatic hydroxyl groups excluding tert-OH is 1. The molecule has 3 aromatic rings. The fourth-order valence-corrected chi connectivity index (χ4v) is 4.61. The van der Waals surface area contributed by atoms with Gasteiger partial charge in [-0.2, -0.15) is 22.7 Å². The Bertz CT molecular complexity index is 1200. The molecule has 0 fully saturated rings. The number of halogens is 2. The summed E-state index contributed by atoms with van der Waals surface area (Å²) in [4.78, 5) is 14.1. The average molecular weight is 451 g/mol. The lowest BCUT2D eigenvalue weighted by atomic mass is 9.98. The number of hydrogen-bond donors (Lipinski definition) is 1. The number of amides is 1. The quantitative estimate of drug-likeness (QED) is 0.575. The summed E-state index contributed by atoms with van der Waals surface area (Å²) in [6, 6.07) is 5.74. The molecule has 0 radical (unpaired) electrons.